The second-order valence-corrected chi connectivity index (χ2v) is 12.9. The van der Waals surface area contributed by atoms with Gasteiger partial charge in [-0.15, -0.1) is 12.4 Å². The van der Waals surface area contributed by atoms with Gasteiger partial charge in [-0.1, -0.05) is 101 Å². The molecule has 10 heteroatoms. The van der Waals surface area contributed by atoms with Gasteiger partial charge in [-0.2, -0.15) is 5.10 Å². The van der Waals surface area contributed by atoms with Crippen LogP contribution in [0.1, 0.15) is 52.8 Å². The predicted octanol–water partition coefficient (Wildman–Crippen LogP) is 9.03. The minimum Gasteiger partial charge on any atom is -0.493 e. The summed E-state index contributed by atoms with van der Waals surface area (Å²) in [4.78, 5) is 13.9. The Balaban J connectivity index is 0.00000504. The van der Waals surface area contributed by atoms with Gasteiger partial charge in [0.25, 0.3) is 0 Å². The third kappa shape index (κ3) is 8.50. The van der Waals surface area contributed by atoms with E-state index >= 15 is 0 Å². The van der Waals surface area contributed by atoms with Crippen LogP contribution in [-0.2, 0) is 48.0 Å². The number of alkyl halides is 1. The first kappa shape index (κ1) is 38.1. The highest BCUT2D eigenvalue weighted by Crippen LogP contribution is 2.39. The van der Waals surface area contributed by atoms with E-state index in [-0.39, 0.29) is 18.4 Å². The standard InChI is InChI=1S/C41H45BrN4O4.ClH/c1-4-49-41(47)40-33(21-12-25-50-37-22-10-17-30-16-8-9-18-31(30)37)32-19-11-20-34(39(32)46(40)24-13-23-43-2)38-35(44-45(3)36(38)26-42)28-48-27-29-14-6-5-7-15-29;/h5-11,14-20,22,43H,4,12-13,21,23-28H2,1-3H3;1H. The Hall–Kier alpha value is -4.15. The number of nitrogens with one attached hydrogen (secondary N) is 1. The molecule has 0 atom stereocenters. The Kier molecular flexibility index (Phi) is 13.7. The number of carbonyl (C=O) groups excluding carboxylic acids is 1. The number of hydrogen-bond donors (Lipinski definition) is 1. The Morgan fingerprint density at radius 3 is 2.43 bits per heavy atom. The van der Waals surface area contributed by atoms with Gasteiger partial charge in [0.2, 0.25) is 0 Å². The van der Waals surface area contributed by atoms with Crippen molar-refractivity contribution in [2.75, 3.05) is 26.8 Å². The van der Waals surface area contributed by atoms with E-state index in [0.717, 1.165) is 80.5 Å². The van der Waals surface area contributed by atoms with Gasteiger partial charge < -0.3 is 24.1 Å². The summed E-state index contributed by atoms with van der Waals surface area (Å²) in [5, 5.41) is 12.1. The van der Waals surface area contributed by atoms with Crippen LogP contribution in [0.3, 0.4) is 0 Å². The van der Waals surface area contributed by atoms with Crippen molar-refractivity contribution >= 4 is 56.0 Å². The van der Waals surface area contributed by atoms with Gasteiger partial charge in [0.05, 0.1) is 43.3 Å². The molecule has 0 amide bonds. The van der Waals surface area contributed by atoms with E-state index in [1.165, 1.54) is 0 Å². The third-order valence-corrected chi connectivity index (χ3v) is 9.56. The van der Waals surface area contributed by atoms with Gasteiger partial charge in [0.15, 0.2) is 0 Å². The van der Waals surface area contributed by atoms with Crippen molar-refractivity contribution in [3.05, 3.63) is 119 Å². The molecule has 1 N–H and O–H groups in total. The second kappa shape index (κ2) is 18.4. The number of hydrogen-bond acceptors (Lipinski definition) is 6. The van der Waals surface area contributed by atoms with Crippen molar-refractivity contribution in [3.8, 4) is 16.9 Å². The minimum absolute atomic E-state index is 0. The Bertz CT molecular complexity index is 2050. The summed E-state index contributed by atoms with van der Waals surface area (Å²) in [7, 11) is 3.92. The second-order valence-electron chi connectivity index (χ2n) is 12.3. The molecule has 0 saturated heterocycles. The molecule has 51 heavy (non-hydrogen) atoms. The molecular weight excluding hydrogens is 728 g/mol. The smallest absolute Gasteiger partial charge is 0.355 e. The van der Waals surface area contributed by atoms with Crippen LogP contribution in [0.5, 0.6) is 5.75 Å². The van der Waals surface area contributed by atoms with Crippen LogP contribution < -0.4 is 10.1 Å². The number of aryl methyl sites for hydroxylation is 3. The highest BCUT2D eigenvalue weighted by Gasteiger charge is 2.28. The SMILES string of the molecule is CCOC(=O)c1c(CCCOc2cccc3ccccc23)c2cccc(-c3c(COCc4ccccc4)nn(C)c3CBr)c2n1CCCNC.Cl. The third-order valence-electron chi connectivity index (χ3n) is 9.03. The number of para-hydroxylation sites is 1. The molecule has 0 fully saturated rings. The van der Waals surface area contributed by atoms with Gasteiger partial charge in [-0.05, 0) is 62.4 Å². The van der Waals surface area contributed by atoms with E-state index in [0.29, 0.717) is 50.4 Å². The lowest BCUT2D eigenvalue weighted by Crippen LogP contribution is -2.17. The van der Waals surface area contributed by atoms with E-state index < -0.39 is 0 Å². The van der Waals surface area contributed by atoms with E-state index in [1.54, 1.807) is 0 Å². The van der Waals surface area contributed by atoms with Gasteiger partial charge in [0, 0.05) is 40.8 Å². The molecule has 8 nitrogen and oxygen atoms in total. The molecule has 0 aliphatic rings. The monoisotopic (exact) mass is 772 g/mol. The fourth-order valence-electron chi connectivity index (χ4n) is 6.78. The van der Waals surface area contributed by atoms with Crippen molar-refractivity contribution in [3.63, 3.8) is 0 Å². The Labute approximate surface area is 314 Å². The van der Waals surface area contributed by atoms with Crippen LogP contribution >= 0.6 is 28.3 Å². The largest absolute Gasteiger partial charge is 0.493 e. The number of fused-ring (bicyclic) bond motifs is 2. The van der Waals surface area contributed by atoms with Crippen molar-refractivity contribution in [1.29, 1.82) is 0 Å². The zero-order valence-corrected chi connectivity index (χ0v) is 31.9. The fraction of sp³-hybridized carbons (Fsp3) is 0.317. The maximum absolute atomic E-state index is 13.9. The molecule has 0 aliphatic heterocycles. The fourth-order valence-corrected chi connectivity index (χ4v) is 7.43. The number of carbonyl (C=O) groups is 1. The number of ether oxygens (including phenoxy) is 3. The first-order valence-corrected chi connectivity index (χ1v) is 18.5. The molecule has 6 aromatic rings. The maximum Gasteiger partial charge on any atom is 0.355 e. The maximum atomic E-state index is 13.9. The topological polar surface area (TPSA) is 79.5 Å². The molecule has 0 radical (unpaired) electrons. The summed E-state index contributed by atoms with van der Waals surface area (Å²) < 4.78 is 22.4. The molecule has 0 saturated carbocycles. The summed E-state index contributed by atoms with van der Waals surface area (Å²) in [6, 6.07) is 30.9. The summed E-state index contributed by atoms with van der Waals surface area (Å²) in [5.74, 6) is 0.564. The average molecular weight is 774 g/mol. The quantitative estimate of drug-likeness (QED) is 0.0567. The number of esters is 1. The minimum atomic E-state index is -0.303. The molecular formula is C41H46BrClN4O4. The molecule has 0 bridgehead atoms. The number of benzene rings is 4. The molecule has 2 aromatic heterocycles. The van der Waals surface area contributed by atoms with Gasteiger partial charge in [0.1, 0.15) is 11.4 Å². The molecule has 0 unspecified atom stereocenters. The Morgan fingerprint density at radius 2 is 1.65 bits per heavy atom. The molecule has 2 heterocycles. The van der Waals surface area contributed by atoms with Crippen LogP contribution in [0.2, 0.25) is 0 Å². The number of halogens is 2. The normalized spacial score (nSPS) is 11.2. The molecule has 6 rings (SSSR count). The predicted molar refractivity (Wildman–Crippen MR) is 211 cm³/mol. The van der Waals surface area contributed by atoms with Crippen molar-refractivity contribution in [1.82, 2.24) is 19.7 Å². The lowest BCUT2D eigenvalue weighted by molar-refractivity contribution is 0.0512. The molecule has 0 aliphatic carbocycles. The number of rotatable bonds is 17. The summed E-state index contributed by atoms with van der Waals surface area (Å²) in [5.41, 5.74) is 7.67. The summed E-state index contributed by atoms with van der Waals surface area (Å²) >= 11 is 3.74. The van der Waals surface area contributed by atoms with Crippen molar-refractivity contribution in [2.24, 2.45) is 7.05 Å². The number of aromatic nitrogens is 3. The van der Waals surface area contributed by atoms with Gasteiger partial charge >= 0.3 is 5.97 Å². The van der Waals surface area contributed by atoms with Crippen LogP contribution in [0.15, 0.2) is 91.0 Å². The lowest BCUT2D eigenvalue weighted by atomic mass is 9.98. The molecule has 4 aromatic carbocycles. The summed E-state index contributed by atoms with van der Waals surface area (Å²) in [6.45, 7) is 4.98. The van der Waals surface area contributed by atoms with Crippen LogP contribution in [0.4, 0.5) is 0 Å². The molecule has 0 spiro atoms. The van der Waals surface area contributed by atoms with Crippen LogP contribution in [-0.4, -0.2) is 47.1 Å². The van der Waals surface area contributed by atoms with Gasteiger partial charge in [-0.25, -0.2) is 4.79 Å². The zero-order chi connectivity index (χ0) is 34.9. The highest BCUT2D eigenvalue weighted by molar-refractivity contribution is 9.08. The van der Waals surface area contributed by atoms with E-state index in [2.05, 4.69) is 74.3 Å². The van der Waals surface area contributed by atoms with Gasteiger partial charge in [-0.3, -0.25) is 4.68 Å². The first-order chi connectivity index (χ1) is 24.5. The van der Waals surface area contributed by atoms with Crippen LogP contribution in [0, 0.1) is 0 Å². The zero-order valence-electron chi connectivity index (χ0n) is 29.5. The van der Waals surface area contributed by atoms with E-state index in [4.69, 9.17) is 19.3 Å². The lowest BCUT2D eigenvalue weighted by Gasteiger charge is -2.14. The molecule has 268 valence electrons. The average Bonchev–Trinajstić information content (AvgIpc) is 3.63. The summed E-state index contributed by atoms with van der Waals surface area (Å²) in [6.07, 6.45) is 2.23. The van der Waals surface area contributed by atoms with Crippen molar-refractivity contribution < 1.29 is 19.0 Å². The van der Waals surface area contributed by atoms with E-state index in [1.807, 2.05) is 68.2 Å². The van der Waals surface area contributed by atoms with Crippen molar-refractivity contribution in [2.45, 2.75) is 51.3 Å². The first-order valence-electron chi connectivity index (χ1n) is 17.3. The Morgan fingerprint density at radius 1 is 0.902 bits per heavy atom. The number of nitrogens with zero attached hydrogens (tertiary/aromatic N) is 3. The highest BCUT2D eigenvalue weighted by atomic mass is 79.9. The van der Waals surface area contributed by atoms with E-state index in [9.17, 15) is 4.79 Å². The van der Waals surface area contributed by atoms with Crippen LogP contribution in [0.25, 0.3) is 32.8 Å².